The largest absolute Gasteiger partial charge is 0.381 e. The first-order valence-corrected chi connectivity index (χ1v) is 5.74. The highest BCUT2D eigenvalue weighted by Crippen LogP contribution is 2.27. The second kappa shape index (κ2) is 3.86. The summed E-state index contributed by atoms with van der Waals surface area (Å²) >= 11 is 0. The number of nitriles is 1. The Bertz CT molecular complexity index is 603. The lowest BCUT2D eigenvalue weighted by atomic mass is 10.1. The number of hydrogen-bond donors (Lipinski definition) is 0. The molecular formula is C13H13N3O. The molecule has 0 N–H and O–H groups in total. The SMILES string of the molecule is Cn1c(C2CCOC2)nc2ccc(C#N)cc21. The number of aromatic nitrogens is 2. The van der Waals surface area contributed by atoms with Crippen molar-refractivity contribution in [3.8, 4) is 6.07 Å². The van der Waals surface area contributed by atoms with E-state index in [1.54, 1.807) is 0 Å². The van der Waals surface area contributed by atoms with Crippen molar-refractivity contribution < 1.29 is 4.74 Å². The lowest BCUT2D eigenvalue weighted by Gasteiger charge is -2.07. The fourth-order valence-corrected chi connectivity index (χ4v) is 2.38. The Morgan fingerprint density at radius 3 is 3.12 bits per heavy atom. The minimum Gasteiger partial charge on any atom is -0.381 e. The topological polar surface area (TPSA) is 50.8 Å². The van der Waals surface area contributed by atoms with E-state index in [1.807, 2.05) is 25.2 Å². The molecule has 4 heteroatoms. The molecule has 0 amide bonds. The van der Waals surface area contributed by atoms with E-state index in [4.69, 9.17) is 10.00 Å². The average Bonchev–Trinajstić information content (AvgIpc) is 2.97. The van der Waals surface area contributed by atoms with Gasteiger partial charge in [-0.1, -0.05) is 0 Å². The van der Waals surface area contributed by atoms with Gasteiger partial charge in [0.25, 0.3) is 0 Å². The Hall–Kier alpha value is -1.86. The molecule has 0 aliphatic carbocycles. The van der Waals surface area contributed by atoms with Crippen LogP contribution in [0.2, 0.25) is 0 Å². The maximum atomic E-state index is 8.91. The third-order valence-electron chi connectivity index (χ3n) is 3.34. The summed E-state index contributed by atoms with van der Waals surface area (Å²) in [6.45, 7) is 1.57. The number of aryl methyl sites for hydroxylation is 1. The molecule has 1 aromatic carbocycles. The molecular weight excluding hydrogens is 214 g/mol. The van der Waals surface area contributed by atoms with Crippen LogP contribution in [0.1, 0.15) is 23.7 Å². The highest BCUT2D eigenvalue weighted by atomic mass is 16.5. The van der Waals surface area contributed by atoms with E-state index in [0.717, 1.165) is 36.5 Å². The lowest BCUT2D eigenvalue weighted by Crippen LogP contribution is -2.05. The molecule has 0 spiro atoms. The molecule has 2 aromatic rings. The second-order valence-electron chi connectivity index (χ2n) is 4.40. The van der Waals surface area contributed by atoms with E-state index in [1.165, 1.54) is 0 Å². The molecule has 1 unspecified atom stereocenters. The van der Waals surface area contributed by atoms with Gasteiger partial charge in [0.1, 0.15) is 5.82 Å². The van der Waals surface area contributed by atoms with Crippen molar-refractivity contribution in [2.75, 3.05) is 13.2 Å². The van der Waals surface area contributed by atoms with E-state index in [2.05, 4.69) is 15.6 Å². The molecule has 2 heterocycles. The zero-order valence-electron chi connectivity index (χ0n) is 9.68. The zero-order chi connectivity index (χ0) is 11.8. The van der Waals surface area contributed by atoms with E-state index in [0.29, 0.717) is 11.5 Å². The third kappa shape index (κ3) is 1.60. The average molecular weight is 227 g/mol. The molecule has 1 saturated heterocycles. The van der Waals surface area contributed by atoms with Gasteiger partial charge in [-0.2, -0.15) is 5.26 Å². The van der Waals surface area contributed by atoms with Crippen molar-refractivity contribution in [1.82, 2.24) is 9.55 Å². The summed E-state index contributed by atoms with van der Waals surface area (Å²) < 4.78 is 7.48. The Morgan fingerprint density at radius 1 is 1.53 bits per heavy atom. The number of fused-ring (bicyclic) bond motifs is 1. The molecule has 0 bridgehead atoms. The van der Waals surface area contributed by atoms with E-state index < -0.39 is 0 Å². The lowest BCUT2D eigenvalue weighted by molar-refractivity contribution is 0.193. The molecule has 4 nitrogen and oxygen atoms in total. The van der Waals surface area contributed by atoms with Gasteiger partial charge < -0.3 is 9.30 Å². The van der Waals surface area contributed by atoms with Crippen LogP contribution < -0.4 is 0 Å². The first kappa shape index (κ1) is 10.3. The molecule has 3 rings (SSSR count). The number of benzene rings is 1. The summed E-state index contributed by atoms with van der Waals surface area (Å²) in [6.07, 6.45) is 1.03. The first-order valence-electron chi connectivity index (χ1n) is 5.74. The number of ether oxygens (including phenoxy) is 1. The second-order valence-corrected chi connectivity index (χ2v) is 4.40. The normalized spacial score (nSPS) is 19.6. The molecule has 1 fully saturated rings. The van der Waals surface area contributed by atoms with Crippen molar-refractivity contribution >= 4 is 11.0 Å². The number of hydrogen-bond acceptors (Lipinski definition) is 3. The van der Waals surface area contributed by atoms with Crippen molar-refractivity contribution in [1.29, 1.82) is 5.26 Å². The Morgan fingerprint density at radius 2 is 2.41 bits per heavy atom. The van der Waals surface area contributed by atoms with Gasteiger partial charge in [-0.25, -0.2) is 4.98 Å². The van der Waals surface area contributed by atoms with Gasteiger partial charge in [0.15, 0.2) is 0 Å². The number of imidazole rings is 1. The fourth-order valence-electron chi connectivity index (χ4n) is 2.38. The van der Waals surface area contributed by atoms with Gasteiger partial charge in [-0.15, -0.1) is 0 Å². The summed E-state index contributed by atoms with van der Waals surface area (Å²) in [4.78, 5) is 4.64. The Balaban J connectivity index is 2.15. The van der Waals surface area contributed by atoms with Gasteiger partial charge in [0.2, 0.25) is 0 Å². The minimum atomic E-state index is 0.387. The highest BCUT2D eigenvalue weighted by Gasteiger charge is 2.23. The van der Waals surface area contributed by atoms with Crippen LogP contribution in [0.15, 0.2) is 18.2 Å². The Kier molecular flexibility index (Phi) is 2.34. The van der Waals surface area contributed by atoms with Crippen LogP contribution >= 0.6 is 0 Å². The highest BCUT2D eigenvalue weighted by molar-refractivity contribution is 5.77. The quantitative estimate of drug-likeness (QED) is 0.748. The zero-order valence-corrected chi connectivity index (χ0v) is 9.68. The van der Waals surface area contributed by atoms with Crippen molar-refractivity contribution in [2.24, 2.45) is 7.05 Å². The maximum absolute atomic E-state index is 8.91. The van der Waals surface area contributed by atoms with E-state index >= 15 is 0 Å². The van der Waals surface area contributed by atoms with Crippen molar-refractivity contribution in [3.05, 3.63) is 29.6 Å². The summed E-state index contributed by atoms with van der Waals surface area (Å²) in [6, 6.07) is 7.77. The summed E-state index contributed by atoms with van der Waals surface area (Å²) in [5, 5.41) is 8.91. The molecule has 1 aromatic heterocycles. The number of rotatable bonds is 1. The molecule has 1 aliphatic rings. The van der Waals surface area contributed by atoms with Crippen LogP contribution in [-0.2, 0) is 11.8 Å². The van der Waals surface area contributed by atoms with Gasteiger partial charge in [0.05, 0.1) is 29.3 Å². The predicted molar refractivity (Wildman–Crippen MR) is 63.6 cm³/mol. The van der Waals surface area contributed by atoms with Crippen LogP contribution in [0.25, 0.3) is 11.0 Å². The van der Waals surface area contributed by atoms with Crippen molar-refractivity contribution in [3.63, 3.8) is 0 Å². The van der Waals surface area contributed by atoms with Crippen molar-refractivity contribution in [2.45, 2.75) is 12.3 Å². The van der Waals surface area contributed by atoms with Crippen LogP contribution in [0.4, 0.5) is 0 Å². The molecule has 1 aliphatic heterocycles. The monoisotopic (exact) mass is 227 g/mol. The maximum Gasteiger partial charge on any atom is 0.115 e. The predicted octanol–water partition coefficient (Wildman–Crippen LogP) is 1.95. The number of nitrogens with zero attached hydrogens (tertiary/aromatic N) is 3. The smallest absolute Gasteiger partial charge is 0.115 e. The third-order valence-corrected chi connectivity index (χ3v) is 3.34. The molecule has 0 saturated carbocycles. The van der Waals surface area contributed by atoms with Gasteiger partial charge in [-0.05, 0) is 24.6 Å². The summed E-state index contributed by atoms with van der Waals surface area (Å²) in [5.41, 5.74) is 2.65. The molecule has 17 heavy (non-hydrogen) atoms. The van der Waals surface area contributed by atoms with E-state index in [9.17, 15) is 0 Å². The van der Waals surface area contributed by atoms with Crippen LogP contribution in [0, 0.1) is 11.3 Å². The van der Waals surface area contributed by atoms with Gasteiger partial charge in [-0.3, -0.25) is 0 Å². The summed E-state index contributed by atoms with van der Waals surface area (Å²) in [5.74, 6) is 1.45. The molecule has 86 valence electrons. The Labute approximate surface area is 99.4 Å². The van der Waals surface area contributed by atoms with Gasteiger partial charge >= 0.3 is 0 Å². The first-order chi connectivity index (χ1) is 8.29. The minimum absolute atomic E-state index is 0.387. The van der Waals surface area contributed by atoms with Crippen LogP contribution in [-0.4, -0.2) is 22.8 Å². The molecule has 1 atom stereocenters. The van der Waals surface area contributed by atoms with Crippen LogP contribution in [0.5, 0.6) is 0 Å². The standard InChI is InChI=1S/C13H13N3O/c1-16-12-6-9(7-14)2-3-11(12)15-13(16)10-4-5-17-8-10/h2-3,6,10H,4-5,8H2,1H3. The molecule has 0 radical (unpaired) electrons. The van der Waals surface area contributed by atoms with Gasteiger partial charge in [0, 0.05) is 19.6 Å². The summed E-state index contributed by atoms with van der Waals surface area (Å²) in [7, 11) is 2.00. The fraction of sp³-hybridized carbons (Fsp3) is 0.385. The van der Waals surface area contributed by atoms with E-state index in [-0.39, 0.29) is 0 Å². The van der Waals surface area contributed by atoms with Crippen LogP contribution in [0.3, 0.4) is 0 Å².